The van der Waals surface area contributed by atoms with E-state index in [1.54, 1.807) is 60.4 Å². The van der Waals surface area contributed by atoms with E-state index in [1.807, 2.05) is 13.8 Å². The minimum absolute atomic E-state index is 0.0877. The molecule has 0 aromatic heterocycles. The Bertz CT molecular complexity index is 857. The second-order valence-corrected chi connectivity index (χ2v) is 6.59. The van der Waals surface area contributed by atoms with Gasteiger partial charge in [0.1, 0.15) is 0 Å². The maximum Gasteiger partial charge on any atom is 0.340 e. The Kier molecular flexibility index (Phi) is 8.40. The van der Waals surface area contributed by atoms with Crippen molar-refractivity contribution in [3.8, 4) is 0 Å². The number of esters is 1. The van der Waals surface area contributed by atoms with Gasteiger partial charge in [-0.1, -0.05) is 32.0 Å². The number of benzene rings is 2. The number of carbonyl (C=O) groups is 3. The van der Waals surface area contributed by atoms with Crippen molar-refractivity contribution >= 4 is 23.5 Å². The SMILES string of the molecule is CCCN(CCC)C(=O)c1cccc(C(=O)Nc2ccccc2C(=O)OCC)c1. The first-order valence-electron chi connectivity index (χ1n) is 9.98. The van der Waals surface area contributed by atoms with Gasteiger partial charge in [0.15, 0.2) is 0 Å². The number of carbonyl (C=O) groups excluding carboxylic acids is 3. The van der Waals surface area contributed by atoms with Crippen LogP contribution in [-0.2, 0) is 4.74 Å². The number of anilines is 1. The molecule has 0 saturated heterocycles. The quantitative estimate of drug-likeness (QED) is 0.638. The third-order valence-corrected chi connectivity index (χ3v) is 4.32. The maximum atomic E-state index is 12.8. The number of nitrogens with one attached hydrogen (secondary N) is 1. The van der Waals surface area contributed by atoms with E-state index in [2.05, 4.69) is 5.32 Å². The Morgan fingerprint density at radius 1 is 0.897 bits per heavy atom. The summed E-state index contributed by atoms with van der Waals surface area (Å²) in [5.74, 6) is -0.980. The molecule has 0 fully saturated rings. The first-order chi connectivity index (χ1) is 14.0. The summed E-state index contributed by atoms with van der Waals surface area (Å²) < 4.78 is 5.04. The second-order valence-electron chi connectivity index (χ2n) is 6.59. The number of amides is 2. The Balaban J connectivity index is 2.22. The third kappa shape index (κ3) is 5.91. The maximum absolute atomic E-state index is 12.8. The summed E-state index contributed by atoms with van der Waals surface area (Å²) in [6, 6.07) is 13.3. The van der Waals surface area contributed by atoms with Crippen molar-refractivity contribution in [1.82, 2.24) is 4.90 Å². The number of hydrogen-bond donors (Lipinski definition) is 1. The lowest BCUT2D eigenvalue weighted by Crippen LogP contribution is -2.32. The summed E-state index contributed by atoms with van der Waals surface area (Å²) in [6.45, 7) is 7.38. The van der Waals surface area contributed by atoms with Gasteiger partial charge in [0.2, 0.25) is 0 Å². The van der Waals surface area contributed by atoms with E-state index >= 15 is 0 Å². The molecule has 0 bridgehead atoms. The van der Waals surface area contributed by atoms with Crippen LogP contribution >= 0.6 is 0 Å². The van der Waals surface area contributed by atoms with Crippen LogP contribution in [0, 0.1) is 0 Å². The highest BCUT2D eigenvalue weighted by Crippen LogP contribution is 2.18. The number of ether oxygens (including phenoxy) is 1. The average Bonchev–Trinajstić information content (AvgIpc) is 2.73. The van der Waals surface area contributed by atoms with Gasteiger partial charge < -0.3 is 15.0 Å². The Hall–Kier alpha value is -3.15. The van der Waals surface area contributed by atoms with E-state index < -0.39 is 11.9 Å². The molecule has 0 atom stereocenters. The van der Waals surface area contributed by atoms with Crippen molar-refractivity contribution in [1.29, 1.82) is 0 Å². The fraction of sp³-hybridized carbons (Fsp3) is 0.348. The predicted molar refractivity (Wildman–Crippen MR) is 113 cm³/mol. The highest BCUT2D eigenvalue weighted by atomic mass is 16.5. The molecule has 0 radical (unpaired) electrons. The highest BCUT2D eigenvalue weighted by Gasteiger charge is 2.18. The number of rotatable bonds is 9. The van der Waals surface area contributed by atoms with E-state index in [0.29, 0.717) is 29.9 Å². The summed E-state index contributed by atoms with van der Waals surface area (Å²) in [7, 11) is 0. The fourth-order valence-electron chi connectivity index (χ4n) is 3.00. The molecule has 2 rings (SSSR count). The lowest BCUT2D eigenvalue weighted by molar-refractivity contribution is 0.0527. The molecule has 0 aliphatic rings. The summed E-state index contributed by atoms with van der Waals surface area (Å²) in [5, 5.41) is 2.75. The molecule has 0 heterocycles. The van der Waals surface area contributed by atoms with Crippen LogP contribution < -0.4 is 5.32 Å². The lowest BCUT2D eigenvalue weighted by Gasteiger charge is -2.21. The molecule has 0 saturated carbocycles. The predicted octanol–water partition coefficient (Wildman–Crippen LogP) is 4.38. The van der Waals surface area contributed by atoms with Crippen molar-refractivity contribution in [3.05, 3.63) is 65.2 Å². The van der Waals surface area contributed by atoms with Crippen molar-refractivity contribution in [2.24, 2.45) is 0 Å². The molecule has 29 heavy (non-hydrogen) atoms. The van der Waals surface area contributed by atoms with Crippen LogP contribution in [0.5, 0.6) is 0 Å². The van der Waals surface area contributed by atoms with Crippen molar-refractivity contribution in [2.75, 3.05) is 25.0 Å². The van der Waals surface area contributed by atoms with Crippen LogP contribution in [0.2, 0.25) is 0 Å². The second kappa shape index (κ2) is 11.0. The van der Waals surface area contributed by atoms with Crippen LogP contribution in [0.25, 0.3) is 0 Å². The topological polar surface area (TPSA) is 75.7 Å². The van der Waals surface area contributed by atoms with E-state index in [0.717, 1.165) is 12.8 Å². The van der Waals surface area contributed by atoms with Crippen molar-refractivity contribution in [2.45, 2.75) is 33.6 Å². The summed E-state index contributed by atoms with van der Waals surface area (Å²) >= 11 is 0. The minimum Gasteiger partial charge on any atom is -0.462 e. The van der Waals surface area contributed by atoms with Gasteiger partial charge in [0, 0.05) is 24.2 Å². The molecule has 2 aromatic rings. The zero-order chi connectivity index (χ0) is 21.2. The molecule has 2 amide bonds. The van der Waals surface area contributed by atoms with Gasteiger partial charge in [0.05, 0.1) is 17.9 Å². The van der Waals surface area contributed by atoms with Gasteiger partial charge in [-0.3, -0.25) is 9.59 Å². The molecule has 0 aliphatic heterocycles. The van der Waals surface area contributed by atoms with E-state index in [-0.39, 0.29) is 18.1 Å². The molecule has 154 valence electrons. The molecule has 0 unspecified atom stereocenters. The van der Waals surface area contributed by atoms with Gasteiger partial charge in [-0.2, -0.15) is 0 Å². The average molecular weight is 396 g/mol. The molecule has 6 nitrogen and oxygen atoms in total. The molecular weight excluding hydrogens is 368 g/mol. The Labute approximate surface area is 171 Å². The van der Waals surface area contributed by atoms with E-state index in [4.69, 9.17) is 4.74 Å². The number of hydrogen-bond acceptors (Lipinski definition) is 4. The minimum atomic E-state index is -0.498. The molecule has 6 heteroatoms. The first-order valence-corrected chi connectivity index (χ1v) is 9.98. The molecule has 1 N–H and O–H groups in total. The zero-order valence-corrected chi connectivity index (χ0v) is 17.2. The number of nitrogens with zero attached hydrogens (tertiary/aromatic N) is 1. The van der Waals surface area contributed by atoms with Gasteiger partial charge in [-0.25, -0.2) is 4.79 Å². The van der Waals surface area contributed by atoms with Crippen molar-refractivity contribution in [3.63, 3.8) is 0 Å². The summed E-state index contributed by atoms with van der Waals surface area (Å²) in [6.07, 6.45) is 1.74. The molecule has 0 spiro atoms. The van der Waals surface area contributed by atoms with Gasteiger partial charge in [0.25, 0.3) is 11.8 Å². The Morgan fingerprint density at radius 2 is 1.55 bits per heavy atom. The van der Waals surface area contributed by atoms with Crippen molar-refractivity contribution < 1.29 is 19.1 Å². The van der Waals surface area contributed by atoms with Gasteiger partial charge >= 0.3 is 5.97 Å². The first kappa shape index (κ1) is 22.1. The van der Waals surface area contributed by atoms with E-state index in [9.17, 15) is 14.4 Å². The monoisotopic (exact) mass is 396 g/mol. The van der Waals surface area contributed by atoms with Gasteiger partial charge in [-0.05, 0) is 50.1 Å². The molecule has 2 aromatic carbocycles. The van der Waals surface area contributed by atoms with Crippen LogP contribution in [0.3, 0.4) is 0 Å². The van der Waals surface area contributed by atoms with Crippen LogP contribution in [-0.4, -0.2) is 42.4 Å². The number of para-hydroxylation sites is 1. The van der Waals surface area contributed by atoms with Crippen LogP contribution in [0.15, 0.2) is 48.5 Å². The Morgan fingerprint density at radius 3 is 2.21 bits per heavy atom. The van der Waals surface area contributed by atoms with Gasteiger partial charge in [-0.15, -0.1) is 0 Å². The molecule has 0 aliphatic carbocycles. The molecular formula is C23H28N2O4. The zero-order valence-electron chi connectivity index (χ0n) is 17.2. The lowest BCUT2D eigenvalue weighted by atomic mass is 10.1. The highest BCUT2D eigenvalue weighted by molar-refractivity contribution is 6.09. The smallest absolute Gasteiger partial charge is 0.340 e. The van der Waals surface area contributed by atoms with Crippen LogP contribution in [0.4, 0.5) is 5.69 Å². The van der Waals surface area contributed by atoms with E-state index in [1.165, 1.54) is 0 Å². The van der Waals surface area contributed by atoms with Crippen LogP contribution in [0.1, 0.15) is 64.7 Å². The largest absolute Gasteiger partial charge is 0.462 e. The third-order valence-electron chi connectivity index (χ3n) is 4.32. The summed E-state index contributed by atoms with van der Waals surface area (Å²) in [4.78, 5) is 39.5. The standard InChI is InChI=1S/C23H28N2O4/c1-4-14-25(15-5-2)22(27)18-11-9-10-17(16-18)21(26)24-20-13-8-7-12-19(20)23(28)29-6-3/h7-13,16H,4-6,14-15H2,1-3H3,(H,24,26). The normalized spacial score (nSPS) is 10.3. The fourth-order valence-corrected chi connectivity index (χ4v) is 3.00. The summed E-state index contributed by atoms with van der Waals surface area (Å²) in [5.41, 5.74) is 1.47.